The number of aromatic nitrogens is 3. The van der Waals surface area contributed by atoms with Crippen molar-refractivity contribution < 1.29 is 32.3 Å². The Kier molecular flexibility index (Phi) is 6.68. The average Bonchev–Trinajstić information content (AvgIpc) is 3.58. The Morgan fingerprint density at radius 2 is 1.85 bits per heavy atom. The molecular weight excluding hydrogens is 541 g/mol. The summed E-state index contributed by atoms with van der Waals surface area (Å²) < 4.78 is 53.2. The maximum atomic E-state index is 14.2. The van der Waals surface area contributed by atoms with E-state index in [9.17, 15) is 23.1 Å². The van der Waals surface area contributed by atoms with Crippen LogP contribution < -0.4 is 20.7 Å². The fourth-order valence-corrected chi connectivity index (χ4v) is 5.67. The first-order chi connectivity index (χ1) is 19.6. The zero-order chi connectivity index (χ0) is 28.8. The number of ether oxygens (including phenoxy) is 1. The highest BCUT2D eigenvalue weighted by Crippen LogP contribution is 2.41. The van der Waals surface area contributed by atoms with Crippen LogP contribution in [0, 0.1) is 5.41 Å². The third-order valence-corrected chi connectivity index (χ3v) is 7.95. The quantitative estimate of drug-likeness (QED) is 0.303. The van der Waals surface area contributed by atoms with E-state index in [0.29, 0.717) is 55.9 Å². The topological polar surface area (TPSA) is 140 Å². The Bertz CT molecular complexity index is 1570. The minimum absolute atomic E-state index is 0.0950. The molecule has 2 fully saturated rings. The van der Waals surface area contributed by atoms with E-state index in [-0.39, 0.29) is 22.8 Å². The SMILES string of the molecule is Nc1nc(O[C@H](c2ccc(-c3ccc4cnoc4c3)cc2)C(F)(F)F)cc(N2CCC3(CC2)CNC(C(=O)O)C3)n1. The molecule has 2 aliphatic heterocycles. The molecule has 214 valence electrons. The number of nitrogen functional groups attached to an aromatic ring is 1. The number of benzene rings is 2. The zero-order valence-corrected chi connectivity index (χ0v) is 21.8. The van der Waals surface area contributed by atoms with Crippen LogP contribution in [0.3, 0.4) is 0 Å². The molecule has 0 bridgehead atoms. The number of nitrogens with one attached hydrogen (secondary N) is 1. The van der Waals surface area contributed by atoms with E-state index in [0.717, 1.165) is 10.9 Å². The third kappa shape index (κ3) is 5.49. The molecule has 1 spiro atoms. The number of alkyl halides is 3. The number of fused-ring (bicyclic) bond motifs is 1. The minimum atomic E-state index is -4.73. The lowest BCUT2D eigenvalue weighted by Gasteiger charge is -2.39. The Balaban J connectivity index is 1.19. The summed E-state index contributed by atoms with van der Waals surface area (Å²) >= 11 is 0. The van der Waals surface area contributed by atoms with Crippen molar-refractivity contribution in [3.05, 3.63) is 60.3 Å². The molecule has 4 heterocycles. The highest BCUT2D eigenvalue weighted by Gasteiger charge is 2.45. The van der Waals surface area contributed by atoms with E-state index >= 15 is 0 Å². The average molecular weight is 569 g/mol. The van der Waals surface area contributed by atoms with Crippen molar-refractivity contribution in [1.82, 2.24) is 20.4 Å². The number of carboxylic acid groups (broad SMARTS) is 1. The lowest BCUT2D eigenvalue weighted by Crippen LogP contribution is -2.41. The number of halogens is 3. The standard InChI is InChI=1S/C28H27F3N6O4/c29-28(30,31)24(17-3-1-16(2-4-17)18-5-6-19-14-34-41-21(19)11-18)40-23-12-22(35-26(32)36-23)37-9-7-27(8-10-37)13-20(25(38)39)33-15-27/h1-6,11-12,14,20,24,33H,7-10,13,15H2,(H,38,39)(H2,32,35,36)/t20?,24-/m1/s1. The van der Waals surface area contributed by atoms with Gasteiger partial charge >= 0.3 is 12.1 Å². The number of hydrogen-bond donors (Lipinski definition) is 3. The number of nitrogens with two attached hydrogens (primary N) is 1. The molecule has 4 aromatic rings. The summed E-state index contributed by atoms with van der Waals surface area (Å²) in [5, 5.41) is 17.0. The number of rotatable bonds is 6. The highest BCUT2D eigenvalue weighted by atomic mass is 19.4. The normalized spacial score (nSPS) is 19.5. The molecule has 0 saturated carbocycles. The molecule has 0 aliphatic carbocycles. The monoisotopic (exact) mass is 568 g/mol. The molecule has 4 N–H and O–H groups in total. The first kappa shape index (κ1) is 26.8. The van der Waals surface area contributed by atoms with E-state index in [4.69, 9.17) is 15.0 Å². The maximum Gasteiger partial charge on any atom is 0.429 e. The van der Waals surface area contributed by atoms with Gasteiger partial charge in [-0.1, -0.05) is 35.5 Å². The number of anilines is 2. The molecule has 0 amide bonds. The van der Waals surface area contributed by atoms with E-state index in [2.05, 4.69) is 20.4 Å². The predicted octanol–water partition coefficient (Wildman–Crippen LogP) is 4.58. The summed E-state index contributed by atoms with van der Waals surface area (Å²) in [4.78, 5) is 21.4. The second-order valence-corrected chi connectivity index (χ2v) is 10.6. The van der Waals surface area contributed by atoms with E-state index in [1.807, 2.05) is 17.0 Å². The van der Waals surface area contributed by atoms with Gasteiger partial charge in [0, 0.05) is 36.7 Å². The van der Waals surface area contributed by atoms with Gasteiger partial charge in [-0.25, -0.2) is 0 Å². The Hall–Kier alpha value is -4.39. The molecule has 41 heavy (non-hydrogen) atoms. The largest absolute Gasteiger partial charge is 0.480 e. The smallest absolute Gasteiger partial charge is 0.429 e. The molecule has 2 saturated heterocycles. The van der Waals surface area contributed by atoms with Gasteiger partial charge in [0.25, 0.3) is 0 Å². The molecule has 2 aromatic heterocycles. The van der Waals surface area contributed by atoms with Gasteiger partial charge in [-0.3, -0.25) is 4.79 Å². The van der Waals surface area contributed by atoms with Crippen LogP contribution >= 0.6 is 0 Å². The molecule has 2 atom stereocenters. The number of nitrogens with zero attached hydrogens (tertiary/aromatic N) is 4. The summed E-state index contributed by atoms with van der Waals surface area (Å²) in [6.07, 6.45) is -3.46. The number of carboxylic acids is 1. The van der Waals surface area contributed by atoms with Crippen LogP contribution in [0.25, 0.3) is 22.1 Å². The first-order valence-corrected chi connectivity index (χ1v) is 13.1. The second-order valence-electron chi connectivity index (χ2n) is 10.6. The molecule has 2 aromatic carbocycles. The molecule has 1 unspecified atom stereocenters. The fourth-order valence-electron chi connectivity index (χ4n) is 5.67. The summed E-state index contributed by atoms with van der Waals surface area (Å²) in [5.41, 5.74) is 7.70. The molecular formula is C28H27F3N6O4. The lowest BCUT2D eigenvalue weighted by atomic mass is 9.76. The predicted molar refractivity (Wildman–Crippen MR) is 143 cm³/mol. The summed E-state index contributed by atoms with van der Waals surface area (Å²) in [5.74, 6) is -0.993. The molecule has 6 rings (SSSR count). The third-order valence-electron chi connectivity index (χ3n) is 7.95. The number of carbonyl (C=O) groups is 1. The van der Waals surface area contributed by atoms with Gasteiger partial charge in [-0.15, -0.1) is 0 Å². The summed E-state index contributed by atoms with van der Waals surface area (Å²) in [6.45, 7) is 1.71. The van der Waals surface area contributed by atoms with Crippen molar-refractivity contribution in [1.29, 1.82) is 0 Å². The first-order valence-electron chi connectivity index (χ1n) is 13.1. The number of piperidine rings is 1. The van der Waals surface area contributed by atoms with Crippen LogP contribution in [0.2, 0.25) is 0 Å². The zero-order valence-electron chi connectivity index (χ0n) is 21.8. The van der Waals surface area contributed by atoms with E-state index in [1.54, 1.807) is 24.4 Å². The van der Waals surface area contributed by atoms with Crippen LogP contribution in [0.5, 0.6) is 5.88 Å². The minimum Gasteiger partial charge on any atom is -0.480 e. The van der Waals surface area contributed by atoms with Crippen molar-refractivity contribution in [3.8, 4) is 17.0 Å². The van der Waals surface area contributed by atoms with Gasteiger partial charge in [0.15, 0.2) is 5.58 Å². The van der Waals surface area contributed by atoms with Gasteiger partial charge < -0.3 is 30.3 Å². The Labute approximate surface area is 232 Å². The van der Waals surface area contributed by atoms with Crippen molar-refractivity contribution in [2.24, 2.45) is 5.41 Å². The molecule has 13 heteroatoms. The van der Waals surface area contributed by atoms with E-state index in [1.165, 1.54) is 18.2 Å². The van der Waals surface area contributed by atoms with Crippen LogP contribution in [0.15, 0.2) is 59.3 Å². The van der Waals surface area contributed by atoms with Crippen molar-refractivity contribution in [2.45, 2.75) is 37.6 Å². The van der Waals surface area contributed by atoms with Crippen LogP contribution in [0.4, 0.5) is 24.9 Å². The summed E-state index contributed by atoms with van der Waals surface area (Å²) in [6, 6.07) is 12.2. The molecule has 10 nitrogen and oxygen atoms in total. The fraction of sp³-hybridized carbons (Fsp3) is 0.357. The Morgan fingerprint density at radius 1 is 1.12 bits per heavy atom. The van der Waals surface area contributed by atoms with E-state index < -0.39 is 24.3 Å². The number of aliphatic carboxylic acids is 1. The van der Waals surface area contributed by atoms with Gasteiger partial charge in [-0.2, -0.15) is 23.1 Å². The lowest BCUT2D eigenvalue weighted by molar-refractivity contribution is -0.198. The van der Waals surface area contributed by atoms with Crippen LogP contribution in [0.1, 0.15) is 30.9 Å². The van der Waals surface area contributed by atoms with Crippen molar-refractivity contribution in [3.63, 3.8) is 0 Å². The highest BCUT2D eigenvalue weighted by molar-refractivity contribution is 5.82. The molecule has 2 aliphatic rings. The Morgan fingerprint density at radius 3 is 2.54 bits per heavy atom. The van der Waals surface area contributed by atoms with Crippen molar-refractivity contribution in [2.75, 3.05) is 30.3 Å². The van der Waals surface area contributed by atoms with Crippen LogP contribution in [-0.4, -0.2) is 58.1 Å². The van der Waals surface area contributed by atoms with Gasteiger partial charge in [0.1, 0.15) is 11.9 Å². The second kappa shape index (κ2) is 10.2. The van der Waals surface area contributed by atoms with Crippen LogP contribution in [-0.2, 0) is 4.79 Å². The maximum absolute atomic E-state index is 14.2. The van der Waals surface area contributed by atoms with Gasteiger partial charge in [0.05, 0.1) is 6.20 Å². The van der Waals surface area contributed by atoms with Gasteiger partial charge in [0.2, 0.25) is 17.9 Å². The molecule has 0 radical (unpaired) electrons. The van der Waals surface area contributed by atoms with Crippen molar-refractivity contribution >= 4 is 28.7 Å². The summed E-state index contributed by atoms with van der Waals surface area (Å²) in [7, 11) is 0. The number of hydrogen-bond acceptors (Lipinski definition) is 9. The van der Waals surface area contributed by atoms with Gasteiger partial charge in [-0.05, 0) is 47.9 Å².